The zero-order valence-corrected chi connectivity index (χ0v) is 20.4. The Labute approximate surface area is 210 Å². The topological polar surface area (TPSA) is 97.2 Å². The van der Waals surface area contributed by atoms with Crippen molar-refractivity contribution in [1.82, 2.24) is 5.32 Å². The highest BCUT2D eigenvalue weighted by atomic mass is 35.5. The van der Waals surface area contributed by atoms with Crippen molar-refractivity contribution in [2.24, 2.45) is 16.5 Å². The Kier molecular flexibility index (Phi) is 6.65. The molecule has 0 saturated carbocycles. The van der Waals surface area contributed by atoms with E-state index in [2.05, 4.69) is 10.5 Å². The normalized spacial score (nSPS) is 30.2. The van der Waals surface area contributed by atoms with Gasteiger partial charge < -0.3 is 14.7 Å². The van der Waals surface area contributed by atoms with Crippen molar-refractivity contribution in [3.8, 4) is 0 Å². The summed E-state index contributed by atoms with van der Waals surface area (Å²) in [5, 5.41) is 17.6. The average Bonchev–Trinajstić information content (AvgIpc) is 3.10. The number of aliphatic hydroxyl groups is 1. The molecule has 0 bridgehead atoms. The maximum atomic E-state index is 14.7. The van der Waals surface area contributed by atoms with E-state index in [1.165, 1.54) is 38.1 Å². The molecule has 0 amide bonds. The minimum absolute atomic E-state index is 0.0454. The first kappa shape index (κ1) is 26.1. The summed E-state index contributed by atoms with van der Waals surface area (Å²) in [5.74, 6) is -6.18. The molecule has 2 aromatic carbocycles. The SMILES string of the molecule is CCOC(=O)[C@H]1[C@H](c2ccc(Cl)cc2)[C@]2(C(=O)ON=C2C)[C@H](c2ccc(C)cc2)N[C@]1(O)C(F)(F)F. The summed E-state index contributed by atoms with van der Waals surface area (Å²) in [6.45, 7) is 4.42. The minimum Gasteiger partial charge on any atom is -0.466 e. The van der Waals surface area contributed by atoms with Crippen LogP contribution in [0.15, 0.2) is 53.7 Å². The molecule has 0 unspecified atom stereocenters. The van der Waals surface area contributed by atoms with Gasteiger partial charge in [-0.2, -0.15) is 13.2 Å². The highest BCUT2D eigenvalue weighted by Gasteiger charge is 2.76. The van der Waals surface area contributed by atoms with Crippen molar-refractivity contribution in [2.45, 2.75) is 44.6 Å². The molecule has 1 spiro atoms. The van der Waals surface area contributed by atoms with Crippen molar-refractivity contribution in [3.05, 3.63) is 70.2 Å². The van der Waals surface area contributed by atoms with Gasteiger partial charge >= 0.3 is 18.1 Å². The van der Waals surface area contributed by atoms with E-state index < -0.39 is 47.1 Å². The number of nitrogens with zero attached hydrogens (tertiary/aromatic N) is 1. The predicted molar refractivity (Wildman–Crippen MR) is 124 cm³/mol. The molecule has 2 aliphatic heterocycles. The van der Waals surface area contributed by atoms with Gasteiger partial charge in [-0.25, -0.2) is 4.79 Å². The van der Waals surface area contributed by atoms with E-state index in [-0.39, 0.29) is 28.5 Å². The Morgan fingerprint density at radius 1 is 1.14 bits per heavy atom. The maximum Gasteiger partial charge on any atom is 0.431 e. The number of alkyl halides is 3. The Morgan fingerprint density at radius 2 is 1.72 bits per heavy atom. The van der Waals surface area contributed by atoms with Crippen molar-refractivity contribution in [3.63, 3.8) is 0 Å². The van der Waals surface area contributed by atoms with Crippen LogP contribution in [0, 0.1) is 18.3 Å². The van der Waals surface area contributed by atoms with Crippen molar-refractivity contribution < 1.29 is 37.4 Å². The average molecular weight is 525 g/mol. The second-order valence-corrected chi connectivity index (χ2v) is 9.37. The molecule has 5 atom stereocenters. The monoisotopic (exact) mass is 524 g/mol. The molecule has 4 rings (SSSR count). The van der Waals surface area contributed by atoms with Gasteiger partial charge in [0, 0.05) is 10.9 Å². The number of hydrogen-bond acceptors (Lipinski definition) is 7. The zero-order valence-electron chi connectivity index (χ0n) is 19.6. The first-order valence-corrected chi connectivity index (χ1v) is 11.6. The molecular weight excluding hydrogens is 501 g/mol. The van der Waals surface area contributed by atoms with E-state index >= 15 is 0 Å². The van der Waals surface area contributed by atoms with E-state index in [0.29, 0.717) is 0 Å². The maximum absolute atomic E-state index is 14.7. The summed E-state index contributed by atoms with van der Waals surface area (Å²) in [5.41, 5.74) is -4.42. The standard InChI is InChI=1S/C25H24ClF3N2O5/c1-4-35-21(32)19-18(15-9-11-17(26)12-10-15)23(14(3)31-36-22(23)33)20(16-7-5-13(2)6-8-16)30-24(19,34)25(27,28)29/h5-12,18-20,30,34H,4H2,1-3H3/t18-,19+,20-,23-,24+/m0/s1. The number of nitrogens with one attached hydrogen (secondary N) is 1. The number of esters is 1. The molecule has 0 aliphatic carbocycles. The molecule has 192 valence electrons. The summed E-state index contributed by atoms with van der Waals surface area (Å²) in [6, 6.07) is 10.6. The van der Waals surface area contributed by atoms with Gasteiger partial charge in [-0.05, 0) is 44.0 Å². The summed E-state index contributed by atoms with van der Waals surface area (Å²) in [4.78, 5) is 31.8. The van der Waals surface area contributed by atoms with Crippen LogP contribution in [0.3, 0.4) is 0 Å². The summed E-state index contributed by atoms with van der Waals surface area (Å²) in [6.07, 6.45) is -5.34. The summed E-state index contributed by atoms with van der Waals surface area (Å²) in [7, 11) is 0. The van der Waals surface area contributed by atoms with Crippen LogP contribution in [-0.2, 0) is 19.2 Å². The summed E-state index contributed by atoms with van der Waals surface area (Å²) >= 11 is 6.03. The molecule has 36 heavy (non-hydrogen) atoms. The lowest BCUT2D eigenvalue weighted by Gasteiger charge is -2.55. The fourth-order valence-corrected chi connectivity index (χ4v) is 5.35. The fraction of sp³-hybridized carbons (Fsp3) is 0.400. The largest absolute Gasteiger partial charge is 0.466 e. The number of oxime groups is 1. The van der Waals surface area contributed by atoms with Crippen LogP contribution >= 0.6 is 11.6 Å². The molecule has 1 saturated heterocycles. The quantitative estimate of drug-likeness (QED) is 0.454. The third-order valence-corrected chi connectivity index (χ3v) is 7.16. The van der Waals surface area contributed by atoms with Crippen LogP contribution in [-0.4, -0.2) is 41.3 Å². The highest BCUT2D eigenvalue weighted by molar-refractivity contribution is 6.30. The van der Waals surface area contributed by atoms with E-state index in [4.69, 9.17) is 21.2 Å². The van der Waals surface area contributed by atoms with Gasteiger partial charge in [0.2, 0.25) is 5.72 Å². The smallest absolute Gasteiger partial charge is 0.431 e. The molecule has 0 aromatic heterocycles. The molecule has 2 aromatic rings. The fourth-order valence-electron chi connectivity index (χ4n) is 5.22. The lowest BCUT2D eigenvalue weighted by molar-refractivity contribution is -0.311. The van der Waals surface area contributed by atoms with Crippen LogP contribution < -0.4 is 5.32 Å². The number of piperidine rings is 1. The Bertz CT molecular complexity index is 1200. The number of hydrogen-bond donors (Lipinski definition) is 2. The number of ether oxygens (including phenoxy) is 1. The van der Waals surface area contributed by atoms with Gasteiger partial charge in [0.1, 0.15) is 11.3 Å². The van der Waals surface area contributed by atoms with Gasteiger partial charge in [-0.1, -0.05) is 58.7 Å². The molecule has 2 N–H and O–H groups in total. The van der Waals surface area contributed by atoms with E-state index in [0.717, 1.165) is 5.56 Å². The third-order valence-electron chi connectivity index (χ3n) is 6.91. The van der Waals surface area contributed by atoms with Crippen LogP contribution in [0.25, 0.3) is 0 Å². The summed E-state index contributed by atoms with van der Waals surface area (Å²) < 4.78 is 49.0. The van der Waals surface area contributed by atoms with Crippen LogP contribution in [0.4, 0.5) is 13.2 Å². The Hall–Kier alpha value is -2.95. The molecule has 7 nitrogen and oxygen atoms in total. The van der Waals surface area contributed by atoms with Gasteiger partial charge in [-0.15, -0.1) is 0 Å². The van der Waals surface area contributed by atoms with Gasteiger partial charge in [0.15, 0.2) is 0 Å². The van der Waals surface area contributed by atoms with E-state index in [1.54, 1.807) is 31.2 Å². The highest BCUT2D eigenvalue weighted by Crippen LogP contribution is 2.61. The van der Waals surface area contributed by atoms with Gasteiger partial charge in [0.25, 0.3) is 0 Å². The number of carbonyl (C=O) groups is 2. The van der Waals surface area contributed by atoms with Crippen molar-refractivity contribution >= 4 is 29.3 Å². The number of halogens is 4. The molecule has 2 heterocycles. The molecule has 0 radical (unpaired) electrons. The van der Waals surface area contributed by atoms with Crippen LogP contribution in [0.2, 0.25) is 5.02 Å². The molecule has 11 heteroatoms. The first-order valence-electron chi connectivity index (χ1n) is 11.2. The number of benzene rings is 2. The lowest BCUT2D eigenvalue weighted by Crippen LogP contribution is -2.74. The Balaban J connectivity index is 2.10. The molecule has 2 aliphatic rings. The first-order chi connectivity index (χ1) is 16.9. The second kappa shape index (κ2) is 9.17. The zero-order chi connectivity index (χ0) is 26.5. The molecule has 1 fully saturated rings. The lowest BCUT2D eigenvalue weighted by atomic mass is 9.54. The van der Waals surface area contributed by atoms with Crippen molar-refractivity contribution in [2.75, 3.05) is 6.61 Å². The van der Waals surface area contributed by atoms with Gasteiger partial charge in [0.05, 0.1) is 18.4 Å². The van der Waals surface area contributed by atoms with Crippen LogP contribution in [0.5, 0.6) is 0 Å². The number of carbonyl (C=O) groups excluding carboxylic acids is 2. The minimum atomic E-state index is -5.34. The van der Waals surface area contributed by atoms with E-state index in [1.807, 2.05) is 0 Å². The Morgan fingerprint density at radius 3 is 2.22 bits per heavy atom. The molecular formula is C25H24ClF3N2O5. The van der Waals surface area contributed by atoms with Crippen LogP contribution in [0.1, 0.15) is 42.5 Å². The van der Waals surface area contributed by atoms with E-state index in [9.17, 15) is 27.9 Å². The number of aryl methyl sites for hydroxylation is 1. The number of rotatable bonds is 4. The van der Waals surface area contributed by atoms with Crippen molar-refractivity contribution in [1.29, 1.82) is 0 Å². The third kappa shape index (κ3) is 3.88. The second-order valence-electron chi connectivity index (χ2n) is 8.94. The van der Waals surface area contributed by atoms with Gasteiger partial charge in [-0.3, -0.25) is 10.1 Å². The predicted octanol–water partition coefficient (Wildman–Crippen LogP) is 4.43.